The number of carbonyl (C=O) groups is 2. The summed E-state index contributed by atoms with van der Waals surface area (Å²) in [5.41, 5.74) is 2.38. The van der Waals surface area contributed by atoms with E-state index in [4.69, 9.17) is 14.2 Å². The van der Waals surface area contributed by atoms with E-state index in [1.807, 2.05) is 41.9 Å². The number of aliphatic hydroxyl groups excluding tert-OH is 1. The first kappa shape index (κ1) is 24.5. The first-order chi connectivity index (χ1) is 18.0. The Morgan fingerprint density at radius 1 is 1.03 bits per heavy atom. The predicted octanol–water partition coefficient (Wildman–Crippen LogP) is 4.92. The summed E-state index contributed by atoms with van der Waals surface area (Å²) >= 11 is 1.43. The van der Waals surface area contributed by atoms with Gasteiger partial charge in [-0.25, -0.2) is 0 Å². The maximum Gasteiger partial charge on any atom is 0.295 e. The predicted molar refractivity (Wildman–Crippen MR) is 141 cm³/mol. The second kappa shape index (κ2) is 10.0. The Kier molecular flexibility index (Phi) is 6.62. The van der Waals surface area contributed by atoms with Gasteiger partial charge in [0.25, 0.3) is 11.7 Å². The number of aromatic amines is 1. The van der Waals surface area contributed by atoms with Crippen LogP contribution in [0.5, 0.6) is 17.2 Å². The molecule has 0 radical (unpaired) electrons. The molecule has 0 spiro atoms. The molecule has 1 aliphatic rings. The summed E-state index contributed by atoms with van der Waals surface area (Å²) in [7, 11) is 4.63. The van der Waals surface area contributed by atoms with Crippen LogP contribution in [0.25, 0.3) is 16.7 Å². The molecule has 37 heavy (non-hydrogen) atoms. The number of ether oxygens (including phenoxy) is 3. The van der Waals surface area contributed by atoms with Gasteiger partial charge in [0.05, 0.1) is 32.9 Å². The average Bonchev–Trinajstić information content (AvgIpc) is 3.65. The van der Waals surface area contributed by atoms with Crippen LogP contribution < -0.4 is 14.2 Å². The number of amides is 1. The summed E-state index contributed by atoms with van der Waals surface area (Å²) in [6.07, 6.45) is 2.42. The maximum atomic E-state index is 13.3. The monoisotopic (exact) mass is 518 g/mol. The van der Waals surface area contributed by atoms with E-state index in [1.54, 1.807) is 30.2 Å². The van der Waals surface area contributed by atoms with Gasteiger partial charge in [-0.1, -0.05) is 6.07 Å². The van der Waals surface area contributed by atoms with Crippen LogP contribution in [-0.4, -0.2) is 54.6 Å². The number of fused-ring (bicyclic) bond motifs is 1. The van der Waals surface area contributed by atoms with E-state index in [0.717, 1.165) is 27.1 Å². The lowest BCUT2D eigenvalue weighted by atomic mass is 9.99. The van der Waals surface area contributed by atoms with Gasteiger partial charge >= 0.3 is 0 Å². The maximum absolute atomic E-state index is 13.3. The number of ketones is 1. The highest BCUT2D eigenvalue weighted by Gasteiger charge is 2.46. The molecule has 9 heteroatoms. The molecule has 2 aromatic carbocycles. The number of likely N-dealkylation sites (tertiary alicyclic amines) is 1. The summed E-state index contributed by atoms with van der Waals surface area (Å²) in [6, 6.07) is 13.7. The SMILES string of the molecule is COc1ccc2[nH]cc(CCN3C(=O)C(=O)C(=C(O)c4ccc(OC)c(OC)c4)[C@H]3c3cccs3)c2c1. The molecule has 8 nitrogen and oxygen atoms in total. The number of carbonyl (C=O) groups excluding carboxylic acids is 2. The molecular formula is C28H26N2O6S. The third kappa shape index (κ3) is 4.31. The number of hydrogen-bond donors (Lipinski definition) is 2. The third-order valence-electron chi connectivity index (χ3n) is 6.61. The highest BCUT2D eigenvalue weighted by Crippen LogP contribution is 2.42. The minimum Gasteiger partial charge on any atom is -0.507 e. The molecule has 2 aromatic heterocycles. The smallest absolute Gasteiger partial charge is 0.295 e. The lowest BCUT2D eigenvalue weighted by Crippen LogP contribution is -2.31. The van der Waals surface area contributed by atoms with Crippen LogP contribution in [0.3, 0.4) is 0 Å². The Labute approximate surface area is 217 Å². The standard InChI is InChI=1S/C28H26N2O6S/c1-34-18-7-8-20-19(14-18)17(15-29-20)10-11-30-25(23-5-4-12-37-23)24(27(32)28(30)33)26(31)16-6-9-21(35-2)22(13-16)36-3/h4-9,12-15,25,29,31H,10-11H2,1-3H3/t25-/m1/s1. The molecule has 0 unspecified atom stereocenters. The zero-order valence-corrected chi connectivity index (χ0v) is 21.4. The number of benzene rings is 2. The number of Topliss-reactive ketones (excluding diaryl/α,β-unsaturated/α-hetero) is 1. The van der Waals surface area contributed by atoms with Crippen molar-refractivity contribution in [3.05, 3.63) is 81.7 Å². The highest BCUT2D eigenvalue weighted by atomic mass is 32.1. The van der Waals surface area contributed by atoms with Crippen LogP contribution in [0, 0.1) is 0 Å². The van der Waals surface area contributed by atoms with E-state index in [0.29, 0.717) is 30.0 Å². The summed E-state index contributed by atoms with van der Waals surface area (Å²) in [6.45, 7) is 0.292. The number of thiophene rings is 1. The first-order valence-electron chi connectivity index (χ1n) is 11.6. The number of aromatic nitrogens is 1. The van der Waals surface area contributed by atoms with Gasteiger partial charge < -0.3 is 29.2 Å². The molecule has 190 valence electrons. The number of methoxy groups -OCH3 is 3. The summed E-state index contributed by atoms with van der Waals surface area (Å²) < 4.78 is 16.0. The molecule has 1 atom stereocenters. The van der Waals surface area contributed by atoms with Crippen LogP contribution >= 0.6 is 11.3 Å². The Morgan fingerprint density at radius 2 is 1.84 bits per heavy atom. The van der Waals surface area contributed by atoms with E-state index >= 15 is 0 Å². The van der Waals surface area contributed by atoms with Crippen LogP contribution in [-0.2, 0) is 16.0 Å². The minimum atomic E-state index is -0.716. The number of H-pyrrole nitrogens is 1. The number of nitrogens with zero attached hydrogens (tertiary/aromatic N) is 1. The van der Waals surface area contributed by atoms with Gasteiger partial charge in [0, 0.05) is 34.1 Å². The van der Waals surface area contributed by atoms with Crippen molar-refractivity contribution in [3.8, 4) is 17.2 Å². The Morgan fingerprint density at radius 3 is 2.54 bits per heavy atom. The number of aliphatic hydroxyl groups is 1. The van der Waals surface area contributed by atoms with Crippen LogP contribution in [0.15, 0.2) is 65.7 Å². The second-order valence-electron chi connectivity index (χ2n) is 8.55. The van der Waals surface area contributed by atoms with E-state index in [-0.39, 0.29) is 11.3 Å². The van der Waals surface area contributed by atoms with E-state index in [2.05, 4.69) is 4.98 Å². The normalized spacial score (nSPS) is 16.9. The van der Waals surface area contributed by atoms with Gasteiger partial charge in [0.2, 0.25) is 0 Å². The lowest BCUT2D eigenvalue weighted by Gasteiger charge is -2.24. The largest absolute Gasteiger partial charge is 0.507 e. The fourth-order valence-electron chi connectivity index (χ4n) is 4.72. The topological polar surface area (TPSA) is 101 Å². The van der Waals surface area contributed by atoms with Crippen molar-refractivity contribution in [3.63, 3.8) is 0 Å². The Hall–Kier alpha value is -4.24. The number of rotatable bonds is 8. The van der Waals surface area contributed by atoms with Crippen LogP contribution in [0.4, 0.5) is 0 Å². The van der Waals surface area contributed by atoms with Crippen LogP contribution in [0.1, 0.15) is 22.0 Å². The van der Waals surface area contributed by atoms with Crippen molar-refractivity contribution in [2.45, 2.75) is 12.5 Å². The van der Waals surface area contributed by atoms with Gasteiger partial charge in [0.1, 0.15) is 11.5 Å². The third-order valence-corrected chi connectivity index (χ3v) is 7.53. The fourth-order valence-corrected chi connectivity index (χ4v) is 5.57. The molecule has 4 aromatic rings. The second-order valence-corrected chi connectivity index (χ2v) is 9.53. The zero-order valence-electron chi connectivity index (χ0n) is 20.6. The van der Waals surface area contributed by atoms with Crippen LogP contribution in [0.2, 0.25) is 0 Å². The van der Waals surface area contributed by atoms with Crippen molar-refractivity contribution in [2.24, 2.45) is 0 Å². The average molecular weight is 519 g/mol. The van der Waals surface area contributed by atoms with Crippen molar-refractivity contribution in [1.29, 1.82) is 0 Å². The van der Waals surface area contributed by atoms with Gasteiger partial charge in [-0.05, 0) is 59.8 Å². The van der Waals surface area contributed by atoms with Gasteiger partial charge in [-0.15, -0.1) is 11.3 Å². The van der Waals surface area contributed by atoms with E-state index < -0.39 is 17.7 Å². The molecule has 1 aliphatic heterocycles. The number of hydrogen-bond acceptors (Lipinski definition) is 7. The first-order valence-corrected chi connectivity index (χ1v) is 12.5. The lowest BCUT2D eigenvalue weighted by molar-refractivity contribution is -0.139. The highest BCUT2D eigenvalue weighted by molar-refractivity contribution is 7.10. The van der Waals surface area contributed by atoms with Crippen molar-refractivity contribution >= 4 is 39.7 Å². The number of nitrogens with one attached hydrogen (secondary N) is 1. The Balaban J connectivity index is 1.53. The summed E-state index contributed by atoms with van der Waals surface area (Å²) in [5, 5.41) is 14.2. The molecule has 0 aliphatic carbocycles. The van der Waals surface area contributed by atoms with Gasteiger partial charge in [-0.2, -0.15) is 0 Å². The van der Waals surface area contributed by atoms with Gasteiger partial charge in [0.15, 0.2) is 11.5 Å². The van der Waals surface area contributed by atoms with Crippen molar-refractivity contribution < 1.29 is 28.9 Å². The molecule has 1 amide bonds. The minimum absolute atomic E-state index is 0.0558. The van der Waals surface area contributed by atoms with Crippen molar-refractivity contribution in [2.75, 3.05) is 27.9 Å². The molecule has 1 fully saturated rings. The van der Waals surface area contributed by atoms with E-state index in [9.17, 15) is 14.7 Å². The molecule has 2 N–H and O–H groups in total. The molecule has 3 heterocycles. The zero-order chi connectivity index (χ0) is 26.1. The molecule has 0 bridgehead atoms. The quantitative estimate of drug-likeness (QED) is 0.195. The summed E-state index contributed by atoms with van der Waals surface area (Å²) in [4.78, 5) is 32.1. The molecule has 0 saturated carbocycles. The molecule has 1 saturated heterocycles. The van der Waals surface area contributed by atoms with E-state index in [1.165, 1.54) is 25.6 Å². The Bertz CT molecular complexity index is 1500. The molecule has 5 rings (SSSR count). The molecular weight excluding hydrogens is 492 g/mol. The summed E-state index contributed by atoms with van der Waals surface area (Å²) in [5.74, 6) is 0.0244. The van der Waals surface area contributed by atoms with Crippen molar-refractivity contribution in [1.82, 2.24) is 9.88 Å². The fraction of sp³-hybridized carbons (Fsp3) is 0.214. The van der Waals surface area contributed by atoms with Gasteiger partial charge in [-0.3, -0.25) is 9.59 Å².